The van der Waals surface area contributed by atoms with Crippen LogP contribution in [0.4, 0.5) is 0 Å². The van der Waals surface area contributed by atoms with Gasteiger partial charge in [0.05, 0.1) is 5.69 Å². The summed E-state index contributed by atoms with van der Waals surface area (Å²) >= 11 is 0. The lowest BCUT2D eigenvalue weighted by Crippen LogP contribution is -2.31. The van der Waals surface area contributed by atoms with Crippen molar-refractivity contribution in [1.82, 2.24) is 19.9 Å². The number of aryl methyl sites for hydroxylation is 1. The first kappa shape index (κ1) is 33.1. The second kappa shape index (κ2) is 14.7. The third-order valence-electron chi connectivity index (χ3n) is 11.5. The number of hydrogen-bond donors (Lipinski definition) is 0. The Morgan fingerprint density at radius 3 is 1.98 bits per heavy atom. The minimum absolute atomic E-state index is 0.0117. The first-order valence-electron chi connectivity index (χ1n) is 19.4. The maximum absolute atomic E-state index is 5.09. The van der Waals surface area contributed by atoms with E-state index in [1.165, 1.54) is 71.1 Å². The van der Waals surface area contributed by atoms with E-state index in [2.05, 4.69) is 134 Å². The Morgan fingerprint density at radius 1 is 0.528 bits per heavy atom. The number of rotatable bonds is 7. The molecule has 1 fully saturated rings. The molecule has 4 nitrogen and oxygen atoms in total. The molecule has 260 valence electrons. The Balaban J connectivity index is 1.06. The molecule has 0 radical (unpaired) electrons. The van der Waals surface area contributed by atoms with Gasteiger partial charge in [-0.2, -0.15) is 0 Å². The maximum Gasteiger partial charge on any atom is 0.164 e. The van der Waals surface area contributed by atoms with Crippen molar-refractivity contribution in [3.63, 3.8) is 0 Å². The van der Waals surface area contributed by atoms with Crippen molar-refractivity contribution < 1.29 is 0 Å². The molecule has 2 heterocycles. The highest BCUT2D eigenvalue weighted by Crippen LogP contribution is 2.47. The zero-order valence-corrected chi connectivity index (χ0v) is 30.2. The average Bonchev–Trinajstić information content (AvgIpc) is 3.51. The van der Waals surface area contributed by atoms with Gasteiger partial charge >= 0.3 is 0 Å². The van der Waals surface area contributed by atoms with Crippen molar-refractivity contribution in [3.8, 4) is 33.9 Å². The van der Waals surface area contributed by atoms with Gasteiger partial charge in [0.15, 0.2) is 17.5 Å². The van der Waals surface area contributed by atoms with Crippen LogP contribution in [0.2, 0.25) is 0 Å². The van der Waals surface area contributed by atoms with Gasteiger partial charge in [-0.3, -0.25) is 4.98 Å². The van der Waals surface area contributed by atoms with Crippen LogP contribution in [-0.4, -0.2) is 19.9 Å². The first-order valence-corrected chi connectivity index (χ1v) is 19.4. The maximum atomic E-state index is 5.09. The zero-order valence-electron chi connectivity index (χ0n) is 30.2. The number of nitrogens with zero attached hydrogens (tertiary/aromatic N) is 4. The second-order valence-corrected chi connectivity index (χ2v) is 14.7. The molecule has 9 rings (SSSR count). The molecule has 0 saturated heterocycles. The van der Waals surface area contributed by atoms with E-state index in [1.54, 1.807) is 0 Å². The fourth-order valence-corrected chi connectivity index (χ4v) is 8.64. The fourth-order valence-electron chi connectivity index (χ4n) is 8.64. The van der Waals surface area contributed by atoms with Gasteiger partial charge in [-0.1, -0.05) is 158 Å². The molecule has 4 aliphatic rings. The third-order valence-corrected chi connectivity index (χ3v) is 11.5. The molecule has 0 atom stereocenters. The summed E-state index contributed by atoms with van der Waals surface area (Å²) in [7, 11) is 0. The highest BCUT2D eigenvalue weighted by Gasteiger charge is 2.37. The van der Waals surface area contributed by atoms with E-state index < -0.39 is 0 Å². The van der Waals surface area contributed by atoms with Gasteiger partial charge in [-0.25, -0.2) is 15.0 Å². The van der Waals surface area contributed by atoms with Crippen LogP contribution in [0, 0.1) is 0 Å². The number of allylic oxidation sites excluding steroid dienone is 12. The van der Waals surface area contributed by atoms with Crippen LogP contribution in [0.5, 0.6) is 0 Å². The molecular weight excluding hydrogens is 645 g/mol. The predicted octanol–water partition coefficient (Wildman–Crippen LogP) is 12.0. The number of fused-ring (bicyclic) bond motifs is 1. The largest absolute Gasteiger partial charge is 0.256 e. The molecule has 53 heavy (non-hydrogen) atoms. The van der Waals surface area contributed by atoms with Crippen molar-refractivity contribution in [3.05, 3.63) is 180 Å². The molecule has 2 aromatic heterocycles. The summed E-state index contributed by atoms with van der Waals surface area (Å²) in [6.07, 6.45) is 31.6. The Morgan fingerprint density at radius 2 is 1.23 bits per heavy atom. The second-order valence-electron chi connectivity index (χ2n) is 14.7. The lowest BCUT2D eigenvalue weighted by atomic mass is 9.64. The van der Waals surface area contributed by atoms with Gasteiger partial charge in [0.25, 0.3) is 0 Å². The summed E-state index contributed by atoms with van der Waals surface area (Å²) in [4.78, 5) is 20.0. The Kier molecular flexibility index (Phi) is 9.19. The van der Waals surface area contributed by atoms with Crippen molar-refractivity contribution in [2.24, 2.45) is 0 Å². The predicted molar refractivity (Wildman–Crippen MR) is 218 cm³/mol. The molecule has 4 aliphatic carbocycles. The van der Waals surface area contributed by atoms with Crippen LogP contribution in [0.25, 0.3) is 45.0 Å². The average molecular weight is 689 g/mol. The SMILES string of the molecule is C1=CC(c2nc(-c3ccc(-c4ccccc4)cc3)nc(-c3ccc(C4(C5=CC=C(C6=CCCc7cccnc76)C=CC5)CCCCC4)cc3)n2)=CCC1. The molecule has 0 N–H and O–H groups in total. The topological polar surface area (TPSA) is 51.6 Å². The summed E-state index contributed by atoms with van der Waals surface area (Å²) in [5.41, 5.74) is 13.4. The van der Waals surface area contributed by atoms with E-state index in [0.29, 0.717) is 11.6 Å². The van der Waals surface area contributed by atoms with Crippen LogP contribution in [-0.2, 0) is 11.8 Å². The van der Waals surface area contributed by atoms with Crippen LogP contribution < -0.4 is 0 Å². The number of hydrogen-bond acceptors (Lipinski definition) is 4. The zero-order chi connectivity index (χ0) is 35.5. The summed E-state index contributed by atoms with van der Waals surface area (Å²) in [6, 6.07) is 32.5. The van der Waals surface area contributed by atoms with Crippen LogP contribution in [0.3, 0.4) is 0 Å². The van der Waals surface area contributed by atoms with E-state index in [9.17, 15) is 0 Å². The van der Waals surface area contributed by atoms with Crippen LogP contribution in [0.15, 0.2) is 157 Å². The highest BCUT2D eigenvalue weighted by atomic mass is 15.0. The number of pyridine rings is 1. The van der Waals surface area contributed by atoms with Crippen molar-refractivity contribution in [2.45, 2.75) is 69.6 Å². The fraction of sp³-hybridized carbons (Fsp3) is 0.224. The molecule has 5 aromatic rings. The standard InChI is InChI=1S/C49H44N4/c1-4-13-35(14-5-1)36-22-24-40(25-23-36)47-51-46(39-15-6-2-7-16-39)52-48(53-47)41-27-30-43(31-28-41)49(32-8-3-9-33-49)42-20-10-17-37(26-29-42)44-21-11-18-38-19-12-34-50-45(38)44/h1,4-6,10,12-17,19,21-31,34H,2-3,7-9,11,18,20,32-33H2. The molecule has 4 heteroatoms. The van der Waals surface area contributed by atoms with Gasteiger partial charge in [0, 0.05) is 33.9 Å². The van der Waals surface area contributed by atoms with Gasteiger partial charge in [-0.15, -0.1) is 0 Å². The Labute approximate surface area is 313 Å². The Hall–Kier alpha value is -5.74. The number of aromatic nitrogens is 4. The normalized spacial score (nSPS) is 17.9. The van der Waals surface area contributed by atoms with E-state index in [0.717, 1.165) is 60.3 Å². The van der Waals surface area contributed by atoms with E-state index >= 15 is 0 Å². The quantitative estimate of drug-likeness (QED) is 0.171. The van der Waals surface area contributed by atoms with Crippen molar-refractivity contribution >= 4 is 11.1 Å². The monoisotopic (exact) mass is 688 g/mol. The van der Waals surface area contributed by atoms with Gasteiger partial charge in [0.2, 0.25) is 0 Å². The number of benzene rings is 3. The molecule has 0 amide bonds. The van der Waals surface area contributed by atoms with Gasteiger partial charge < -0.3 is 0 Å². The molecule has 0 bridgehead atoms. The van der Waals surface area contributed by atoms with Gasteiger partial charge in [-0.05, 0) is 78.8 Å². The highest BCUT2D eigenvalue weighted by molar-refractivity contribution is 5.83. The summed E-state index contributed by atoms with van der Waals surface area (Å²) in [6.45, 7) is 0. The van der Waals surface area contributed by atoms with E-state index in [4.69, 9.17) is 19.9 Å². The minimum Gasteiger partial charge on any atom is -0.256 e. The molecule has 1 saturated carbocycles. The molecular formula is C49H44N4. The van der Waals surface area contributed by atoms with Gasteiger partial charge in [0.1, 0.15) is 0 Å². The molecule has 0 unspecified atom stereocenters. The third kappa shape index (κ3) is 6.70. The lowest BCUT2D eigenvalue weighted by Gasteiger charge is -2.40. The molecule has 3 aromatic carbocycles. The molecule has 0 spiro atoms. The minimum atomic E-state index is 0.0117. The smallest absolute Gasteiger partial charge is 0.164 e. The van der Waals surface area contributed by atoms with E-state index in [1.807, 2.05) is 12.3 Å². The van der Waals surface area contributed by atoms with E-state index in [-0.39, 0.29) is 5.41 Å². The summed E-state index contributed by atoms with van der Waals surface area (Å²) in [5, 5.41) is 0. The lowest BCUT2D eigenvalue weighted by molar-refractivity contribution is 0.336. The first-order chi connectivity index (χ1) is 26.2. The van der Waals surface area contributed by atoms with Crippen LogP contribution >= 0.6 is 0 Å². The summed E-state index contributed by atoms with van der Waals surface area (Å²) in [5.74, 6) is 2.13. The van der Waals surface area contributed by atoms with Crippen LogP contribution in [0.1, 0.15) is 80.4 Å². The van der Waals surface area contributed by atoms with Crippen molar-refractivity contribution in [2.75, 3.05) is 0 Å². The summed E-state index contributed by atoms with van der Waals surface area (Å²) < 4.78 is 0. The molecule has 0 aliphatic heterocycles. The van der Waals surface area contributed by atoms with Crippen molar-refractivity contribution in [1.29, 1.82) is 0 Å². The Bertz CT molecular complexity index is 2310.